The van der Waals surface area contributed by atoms with E-state index >= 15 is 0 Å². The molecular weight excluding hydrogens is 296 g/mol. The van der Waals surface area contributed by atoms with Gasteiger partial charge in [0.15, 0.2) is 11.5 Å². The molecule has 1 aliphatic rings. The molecule has 1 aromatic carbocycles. The average Bonchev–Trinajstić information content (AvgIpc) is 3.05. The third-order valence-electron chi connectivity index (χ3n) is 3.46. The fourth-order valence-electron chi connectivity index (χ4n) is 2.39. The normalized spacial score (nSPS) is 14.1. The summed E-state index contributed by atoms with van der Waals surface area (Å²) in [5, 5.41) is 9.84. The van der Waals surface area contributed by atoms with E-state index in [9.17, 15) is 4.79 Å². The molecule has 2 heterocycles. The molecule has 0 saturated heterocycles. The molecule has 0 saturated carbocycles. The lowest BCUT2D eigenvalue weighted by molar-refractivity contribution is 0.171. The zero-order valence-corrected chi connectivity index (χ0v) is 13.0. The smallest absolute Gasteiger partial charge is 0.315 e. The highest BCUT2D eigenvalue weighted by molar-refractivity contribution is 5.74. The van der Waals surface area contributed by atoms with Crippen LogP contribution in [-0.4, -0.2) is 35.1 Å². The number of nitrogens with zero attached hydrogens (tertiary/aromatic N) is 2. The molecule has 2 aromatic rings. The molecule has 1 atom stereocenters. The second-order valence-electron chi connectivity index (χ2n) is 5.43. The van der Waals surface area contributed by atoms with Crippen molar-refractivity contribution in [3.63, 3.8) is 0 Å². The molecule has 0 fully saturated rings. The summed E-state index contributed by atoms with van der Waals surface area (Å²) >= 11 is 0. The predicted octanol–water partition coefficient (Wildman–Crippen LogP) is 1.54. The van der Waals surface area contributed by atoms with Crippen molar-refractivity contribution in [3.05, 3.63) is 42.2 Å². The van der Waals surface area contributed by atoms with Gasteiger partial charge >= 0.3 is 6.03 Å². The van der Waals surface area contributed by atoms with Gasteiger partial charge in [-0.15, -0.1) is 0 Å². The summed E-state index contributed by atoms with van der Waals surface area (Å²) in [6.45, 7) is 4.11. The third kappa shape index (κ3) is 4.15. The van der Waals surface area contributed by atoms with Crippen molar-refractivity contribution >= 4 is 6.03 Å². The minimum atomic E-state index is -0.209. The van der Waals surface area contributed by atoms with Crippen molar-refractivity contribution in [2.75, 3.05) is 13.2 Å². The maximum absolute atomic E-state index is 11.9. The average molecular weight is 316 g/mol. The van der Waals surface area contributed by atoms with E-state index in [2.05, 4.69) is 15.7 Å². The molecule has 23 heavy (non-hydrogen) atoms. The zero-order valence-electron chi connectivity index (χ0n) is 13.0. The SMILES string of the molecule is CC(Cn1cccn1)NC(=O)NCc1ccc2c(c1)OCCO2. The highest BCUT2D eigenvalue weighted by atomic mass is 16.6. The van der Waals surface area contributed by atoms with Crippen molar-refractivity contribution in [2.24, 2.45) is 0 Å². The third-order valence-corrected chi connectivity index (χ3v) is 3.46. The van der Waals surface area contributed by atoms with Crippen LogP contribution in [0.15, 0.2) is 36.7 Å². The first-order valence-electron chi connectivity index (χ1n) is 7.61. The number of nitrogens with one attached hydrogen (secondary N) is 2. The van der Waals surface area contributed by atoms with Gasteiger partial charge in [0, 0.05) is 25.0 Å². The minimum absolute atomic E-state index is 0.0184. The summed E-state index contributed by atoms with van der Waals surface area (Å²) in [6.07, 6.45) is 3.58. The topological polar surface area (TPSA) is 77.4 Å². The summed E-state index contributed by atoms with van der Waals surface area (Å²) in [4.78, 5) is 11.9. The Balaban J connectivity index is 1.47. The summed E-state index contributed by atoms with van der Waals surface area (Å²) in [5.74, 6) is 1.47. The van der Waals surface area contributed by atoms with Gasteiger partial charge in [-0.1, -0.05) is 6.07 Å². The highest BCUT2D eigenvalue weighted by Gasteiger charge is 2.12. The van der Waals surface area contributed by atoms with Crippen LogP contribution in [0.5, 0.6) is 11.5 Å². The van der Waals surface area contributed by atoms with E-state index in [-0.39, 0.29) is 12.1 Å². The molecule has 2 N–H and O–H groups in total. The van der Waals surface area contributed by atoms with Crippen LogP contribution < -0.4 is 20.1 Å². The lowest BCUT2D eigenvalue weighted by atomic mass is 10.2. The van der Waals surface area contributed by atoms with Crippen LogP contribution in [0, 0.1) is 0 Å². The Bertz CT molecular complexity index is 657. The van der Waals surface area contributed by atoms with E-state index in [1.54, 1.807) is 10.9 Å². The van der Waals surface area contributed by atoms with Crippen molar-refractivity contribution in [2.45, 2.75) is 26.1 Å². The minimum Gasteiger partial charge on any atom is -0.486 e. The first-order valence-corrected chi connectivity index (χ1v) is 7.61. The predicted molar refractivity (Wildman–Crippen MR) is 84.5 cm³/mol. The van der Waals surface area contributed by atoms with E-state index < -0.39 is 0 Å². The van der Waals surface area contributed by atoms with Crippen LogP contribution in [0.1, 0.15) is 12.5 Å². The number of urea groups is 1. The molecule has 0 aliphatic carbocycles. The zero-order chi connectivity index (χ0) is 16.1. The van der Waals surface area contributed by atoms with Crippen LogP contribution >= 0.6 is 0 Å². The lowest BCUT2D eigenvalue weighted by Gasteiger charge is -2.19. The number of benzene rings is 1. The maximum atomic E-state index is 11.9. The molecule has 1 aromatic heterocycles. The van der Waals surface area contributed by atoms with E-state index in [1.807, 2.05) is 37.4 Å². The standard InChI is InChI=1S/C16H20N4O3/c1-12(11-20-6-2-5-18-20)19-16(21)17-10-13-3-4-14-15(9-13)23-8-7-22-14/h2-6,9,12H,7-8,10-11H2,1H3,(H2,17,19,21). The molecule has 7 nitrogen and oxygen atoms in total. The molecule has 1 aliphatic heterocycles. The molecule has 7 heteroatoms. The fourth-order valence-corrected chi connectivity index (χ4v) is 2.39. The number of fused-ring (bicyclic) bond motifs is 1. The molecule has 0 radical (unpaired) electrons. The van der Waals surface area contributed by atoms with Crippen LogP contribution in [0.2, 0.25) is 0 Å². The summed E-state index contributed by atoms with van der Waals surface area (Å²) in [7, 11) is 0. The van der Waals surface area contributed by atoms with Gasteiger partial charge in [-0.25, -0.2) is 4.79 Å². The van der Waals surface area contributed by atoms with E-state index in [0.717, 1.165) is 17.1 Å². The first kappa shape index (κ1) is 15.2. The van der Waals surface area contributed by atoms with Crippen LogP contribution in [0.3, 0.4) is 0 Å². The Kier molecular flexibility index (Phi) is 4.65. The number of amides is 2. The second-order valence-corrected chi connectivity index (χ2v) is 5.43. The quantitative estimate of drug-likeness (QED) is 0.877. The van der Waals surface area contributed by atoms with Crippen molar-refractivity contribution in [1.29, 1.82) is 0 Å². The lowest BCUT2D eigenvalue weighted by Crippen LogP contribution is -2.42. The summed E-state index contributed by atoms with van der Waals surface area (Å²) < 4.78 is 12.8. The van der Waals surface area contributed by atoms with Gasteiger partial charge in [0.25, 0.3) is 0 Å². The van der Waals surface area contributed by atoms with Crippen molar-refractivity contribution in [1.82, 2.24) is 20.4 Å². The van der Waals surface area contributed by atoms with E-state index in [4.69, 9.17) is 9.47 Å². The van der Waals surface area contributed by atoms with Crippen LogP contribution in [0.4, 0.5) is 4.79 Å². The Labute approximate surface area is 134 Å². The van der Waals surface area contributed by atoms with Gasteiger partial charge in [0.05, 0.1) is 6.54 Å². The number of rotatable bonds is 5. The maximum Gasteiger partial charge on any atom is 0.315 e. The van der Waals surface area contributed by atoms with Gasteiger partial charge in [-0.3, -0.25) is 4.68 Å². The van der Waals surface area contributed by atoms with Crippen LogP contribution in [-0.2, 0) is 13.1 Å². The number of aromatic nitrogens is 2. The van der Waals surface area contributed by atoms with E-state index in [1.165, 1.54) is 0 Å². The molecule has 3 rings (SSSR count). The number of carbonyl (C=O) groups excluding carboxylic acids is 1. The van der Waals surface area contributed by atoms with Gasteiger partial charge in [-0.2, -0.15) is 5.10 Å². The number of carbonyl (C=O) groups is 1. The first-order chi connectivity index (χ1) is 11.2. The number of hydrogen-bond acceptors (Lipinski definition) is 4. The van der Waals surface area contributed by atoms with E-state index in [0.29, 0.717) is 26.3 Å². The molecule has 2 amide bonds. The van der Waals surface area contributed by atoms with Gasteiger partial charge in [0.2, 0.25) is 0 Å². The Morgan fingerprint density at radius 3 is 2.96 bits per heavy atom. The Morgan fingerprint density at radius 1 is 1.35 bits per heavy atom. The van der Waals surface area contributed by atoms with Gasteiger partial charge in [0.1, 0.15) is 13.2 Å². The fraction of sp³-hybridized carbons (Fsp3) is 0.375. The van der Waals surface area contributed by atoms with Gasteiger partial charge < -0.3 is 20.1 Å². The number of hydrogen-bond donors (Lipinski definition) is 2. The Morgan fingerprint density at radius 2 is 2.17 bits per heavy atom. The van der Waals surface area contributed by atoms with Crippen molar-refractivity contribution in [3.8, 4) is 11.5 Å². The summed E-state index contributed by atoms with van der Waals surface area (Å²) in [5.41, 5.74) is 0.962. The summed E-state index contributed by atoms with van der Waals surface area (Å²) in [6, 6.07) is 7.30. The highest BCUT2D eigenvalue weighted by Crippen LogP contribution is 2.30. The monoisotopic (exact) mass is 316 g/mol. The molecule has 122 valence electrons. The van der Waals surface area contributed by atoms with Crippen LogP contribution in [0.25, 0.3) is 0 Å². The second kappa shape index (κ2) is 7.04. The molecule has 1 unspecified atom stereocenters. The molecular formula is C16H20N4O3. The van der Waals surface area contributed by atoms with Gasteiger partial charge in [-0.05, 0) is 30.7 Å². The molecule has 0 bridgehead atoms. The Hall–Kier alpha value is -2.70. The van der Waals surface area contributed by atoms with Crippen molar-refractivity contribution < 1.29 is 14.3 Å². The number of ether oxygens (including phenoxy) is 2. The molecule has 0 spiro atoms. The largest absolute Gasteiger partial charge is 0.486 e.